The van der Waals surface area contributed by atoms with Crippen molar-refractivity contribution in [2.75, 3.05) is 33.3 Å². The molecule has 0 amide bonds. The van der Waals surface area contributed by atoms with E-state index in [9.17, 15) is 8.42 Å². The maximum absolute atomic E-state index is 12.5. The molecule has 6 heteroatoms. The van der Waals surface area contributed by atoms with Crippen molar-refractivity contribution in [3.05, 3.63) is 24.3 Å². The average Bonchev–Trinajstić information content (AvgIpc) is 2.48. The van der Waals surface area contributed by atoms with Gasteiger partial charge in [0.1, 0.15) is 12.4 Å². The van der Waals surface area contributed by atoms with Gasteiger partial charge in [-0.1, -0.05) is 6.92 Å². The van der Waals surface area contributed by atoms with Gasteiger partial charge >= 0.3 is 0 Å². The number of likely N-dealkylation sites (N-methyl/N-ethyl adjacent to an activating group) is 1. The standard InChI is InChI=1S/C15H24N2O3S/c1-13-7-10-17(11-8-13)21(18,19)15-5-3-14(4-6-15)20-12-9-16-2/h3-6,13,16H,7-12H2,1-2H3. The first kappa shape index (κ1) is 16.3. The van der Waals surface area contributed by atoms with Gasteiger partial charge in [-0.05, 0) is 50.1 Å². The molecule has 0 atom stereocenters. The third-order valence-electron chi connectivity index (χ3n) is 3.82. The molecule has 21 heavy (non-hydrogen) atoms. The highest BCUT2D eigenvalue weighted by molar-refractivity contribution is 7.89. The molecule has 1 N–H and O–H groups in total. The fourth-order valence-electron chi connectivity index (χ4n) is 2.35. The van der Waals surface area contributed by atoms with Gasteiger partial charge in [0.25, 0.3) is 0 Å². The van der Waals surface area contributed by atoms with Gasteiger partial charge in [0.2, 0.25) is 10.0 Å². The van der Waals surface area contributed by atoms with Crippen molar-refractivity contribution >= 4 is 10.0 Å². The van der Waals surface area contributed by atoms with Crippen LogP contribution in [0.4, 0.5) is 0 Å². The molecule has 1 aromatic carbocycles. The Balaban J connectivity index is 2.03. The second-order valence-corrected chi connectivity index (χ2v) is 7.45. The molecule has 0 aromatic heterocycles. The number of ether oxygens (including phenoxy) is 1. The van der Waals surface area contributed by atoms with Gasteiger partial charge in [-0.2, -0.15) is 4.31 Å². The Morgan fingerprint density at radius 1 is 1.24 bits per heavy atom. The molecule has 5 nitrogen and oxygen atoms in total. The quantitative estimate of drug-likeness (QED) is 0.812. The highest BCUT2D eigenvalue weighted by atomic mass is 32.2. The molecule has 0 aliphatic carbocycles. The Hall–Kier alpha value is -1.11. The van der Waals surface area contributed by atoms with Crippen molar-refractivity contribution in [3.8, 4) is 5.75 Å². The van der Waals surface area contributed by atoms with Gasteiger partial charge in [-0.25, -0.2) is 8.42 Å². The number of nitrogens with zero attached hydrogens (tertiary/aromatic N) is 1. The third kappa shape index (κ3) is 4.18. The first-order valence-corrected chi connectivity index (χ1v) is 8.85. The van der Waals surface area contributed by atoms with Crippen molar-refractivity contribution in [1.29, 1.82) is 0 Å². The summed E-state index contributed by atoms with van der Waals surface area (Å²) in [5.41, 5.74) is 0. The molecule has 0 bridgehead atoms. The van der Waals surface area contributed by atoms with E-state index in [0.717, 1.165) is 19.4 Å². The van der Waals surface area contributed by atoms with E-state index in [4.69, 9.17) is 4.74 Å². The lowest BCUT2D eigenvalue weighted by atomic mass is 10.0. The lowest BCUT2D eigenvalue weighted by Crippen LogP contribution is -2.37. The average molecular weight is 312 g/mol. The molecule has 1 aliphatic rings. The van der Waals surface area contributed by atoms with E-state index in [1.54, 1.807) is 28.6 Å². The molecule has 0 radical (unpaired) electrons. The Labute approximate surface area is 127 Å². The van der Waals surface area contributed by atoms with Crippen LogP contribution in [-0.2, 0) is 10.0 Å². The second-order valence-electron chi connectivity index (χ2n) is 5.51. The number of hydrogen-bond donors (Lipinski definition) is 1. The van der Waals surface area contributed by atoms with Gasteiger partial charge in [0.15, 0.2) is 0 Å². The molecule has 1 aliphatic heterocycles. The summed E-state index contributed by atoms with van der Waals surface area (Å²) < 4.78 is 32.2. The molecular weight excluding hydrogens is 288 g/mol. The number of sulfonamides is 1. The summed E-state index contributed by atoms with van der Waals surface area (Å²) in [6.07, 6.45) is 1.87. The van der Waals surface area contributed by atoms with Crippen LogP contribution in [-0.4, -0.2) is 46.0 Å². The molecule has 1 heterocycles. The van der Waals surface area contributed by atoms with Crippen LogP contribution in [0, 0.1) is 5.92 Å². The van der Waals surface area contributed by atoms with E-state index in [-0.39, 0.29) is 0 Å². The molecule has 1 aromatic rings. The Bertz CT molecular complexity index is 535. The van der Waals surface area contributed by atoms with Crippen LogP contribution in [0.15, 0.2) is 29.2 Å². The van der Waals surface area contributed by atoms with Gasteiger partial charge in [-0.15, -0.1) is 0 Å². The van der Waals surface area contributed by atoms with Gasteiger partial charge in [-0.3, -0.25) is 0 Å². The molecule has 0 spiro atoms. The minimum Gasteiger partial charge on any atom is -0.492 e. The van der Waals surface area contributed by atoms with Crippen molar-refractivity contribution in [2.45, 2.75) is 24.7 Å². The predicted molar refractivity (Wildman–Crippen MR) is 83.0 cm³/mol. The maximum atomic E-state index is 12.5. The van der Waals surface area contributed by atoms with Crippen molar-refractivity contribution in [3.63, 3.8) is 0 Å². The SMILES string of the molecule is CNCCOc1ccc(S(=O)(=O)N2CCC(C)CC2)cc1. The van der Waals surface area contributed by atoms with E-state index < -0.39 is 10.0 Å². The fourth-order valence-corrected chi connectivity index (χ4v) is 3.82. The van der Waals surface area contributed by atoms with E-state index in [1.165, 1.54) is 0 Å². The molecule has 1 saturated heterocycles. The lowest BCUT2D eigenvalue weighted by molar-refractivity contribution is 0.288. The first-order valence-electron chi connectivity index (χ1n) is 7.41. The largest absolute Gasteiger partial charge is 0.492 e. The second kappa shape index (κ2) is 7.24. The third-order valence-corrected chi connectivity index (χ3v) is 5.74. The molecule has 0 unspecified atom stereocenters. The summed E-state index contributed by atoms with van der Waals surface area (Å²) in [7, 11) is -1.50. The van der Waals surface area contributed by atoms with Crippen LogP contribution in [0.3, 0.4) is 0 Å². The summed E-state index contributed by atoms with van der Waals surface area (Å²) in [6, 6.07) is 6.69. The van der Waals surface area contributed by atoms with Crippen molar-refractivity contribution < 1.29 is 13.2 Å². The highest BCUT2D eigenvalue weighted by Gasteiger charge is 2.27. The number of rotatable bonds is 6. The number of hydrogen-bond acceptors (Lipinski definition) is 4. The lowest BCUT2D eigenvalue weighted by Gasteiger charge is -2.29. The minimum atomic E-state index is -3.36. The summed E-state index contributed by atoms with van der Waals surface area (Å²) >= 11 is 0. The predicted octanol–water partition coefficient (Wildman–Crippen LogP) is 1.71. The normalized spacial score (nSPS) is 17.8. The summed E-state index contributed by atoms with van der Waals surface area (Å²) in [5, 5.41) is 2.99. The van der Waals surface area contributed by atoms with Crippen LogP contribution < -0.4 is 10.1 Å². The molecule has 118 valence electrons. The first-order chi connectivity index (χ1) is 10.0. The Kier molecular flexibility index (Phi) is 5.61. The molecule has 2 rings (SSSR count). The molecular formula is C15H24N2O3S. The number of benzene rings is 1. The molecule has 1 fully saturated rings. The number of nitrogens with one attached hydrogen (secondary N) is 1. The van der Waals surface area contributed by atoms with Crippen LogP contribution >= 0.6 is 0 Å². The van der Waals surface area contributed by atoms with E-state index in [0.29, 0.717) is 36.3 Å². The zero-order valence-electron chi connectivity index (χ0n) is 12.7. The van der Waals surface area contributed by atoms with E-state index in [2.05, 4.69) is 12.2 Å². The van der Waals surface area contributed by atoms with E-state index in [1.807, 2.05) is 7.05 Å². The van der Waals surface area contributed by atoms with Crippen molar-refractivity contribution in [1.82, 2.24) is 9.62 Å². The van der Waals surface area contributed by atoms with Crippen LogP contribution in [0.1, 0.15) is 19.8 Å². The Morgan fingerprint density at radius 3 is 2.43 bits per heavy atom. The highest BCUT2D eigenvalue weighted by Crippen LogP contribution is 2.24. The van der Waals surface area contributed by atoms with Crippen LogP contribution in [0.5, 0.6) is 5.75 Å². The van der Waals surface area contributed by atoms with Gasteiger partial charge < -0.3 is 10.1 Å². The van der Waals surface area contributed by atoms with Crippen LogP contribution in [0.25, 0.3) is 0 Å². The fraction of sp³-hybridized carbons (Fsp3) is 0.600. The summed E-state index contributed by atoms with van der Waals surface area (Å²) in [4.78, 5) is 0.345. The van der Waals surface area contributed by atoms with Crippen molar-refractivity contribution in [2.24, 2.45) is 5.92 Å². The molecule has 0 saturated carbocycles. The summed E-state index contributed by atoms with van der Waals surface area (Å²) in [5.74, 6) is 1.30. The zero-order chi connectivity index (χ0) is 15.3. The topological polar surface area (TPSA) is 58.6 Å². The Morgan fingerprint density at radius 2 is 1.86 bits per heavy atom. The number of piperidine rings is 1. The monoisotopic (exact) mass is 312 g/mol. The zero-order valence-corrected chi connectivity index (χ0v) is 13.5. The van der Waals surface area contributed by atoms with Gasteiger partial charge in [0, 0.05) is 19.6 Å². The summed E-state index contributed by atoms with van der Waals surface area (Å²) in [6.45, 7) is 4.72. The minimum absolute atomic E-state index is 0.345. The maximum Gasteiger partial charge on any atom is 0.243 e. The van der Waals surface area contributed by atoms with Crippen LogP contribution in [0.2, 0.25) is 0 Å². The van der Waals surface area contributed by atoms with E-state index >= 15 is 0 Å². The smallest absolute Gasteiger partial charge is 0.243 e. The van der Waals surface area contributed by atoms with Gasteiger partial charge in [0.05, 0.1) is 4.90 Å².